The predicted octanol–water partition coefficient (Wildman–Crippen LogP) is 0.614. The highest BCUT2D eigenvalue weighted by Crippen LogP contribution is 2.19. The monoisotopic (exact) mass is 471 g/mol. The van der Waals surface area contributed by atoms with E-state index in [9.17, 15) is 19.7 Å². The Bertz CT molecular complexity index is 1000. The van der Waals surface area contributed by atoms with Gasteiger partial charge in [0.15, 0.2) is 0 Å². The minimum Gasteiger partial charge on any atom is -0.493 e. The molecular weight excluding hydrogens is 442 g/mol. The second kappa shape index (κ2) is 12.8. The summed E-state index contributed by atoms with van der Waals surface area (Å²) in [5.74, 6) is 1.14. The smallest absolute Gasteiger partial charge is 0.332 e. The maximum Gasteiger partial charge on any atom is 0.332 e. The van der Waals surface area contributed by atoms with Crippen LogP contribution >= 0.6 is 12.4 Å². The minimum absolute atomic E-state index is 0. The lowest BCUT2D eigenvalue weighted by Crippen LogP contribution is -2.49. The molecule has 0 radical (unpaired) electrons. The van der Waals surface area contributed by atoms with Crippen LogP contribution in [0.15, 0.2) is 39.9 Å². The molecule has 0 unspecified atom stereocenters. The molecule has 0 amide bonds. The van der Waals surface area contributed by atoms with Crippen molar-refractivity contribution in [3.63, 3.8) is 0 Å². The fourth-order valence-corrected chi connectivity index (χ4v) is 3.39. The zero-order valence-electron chi connectivity index (χ0n) is 18.5. The van der Waals surface area contributed by atoms with E-state index in [0.29, 0.717) is 18.2 Å². The number of ether oxygens (including phenoxy) is 1. The highest BCUT2D eigenvalue weighted by Gasteiger charge is 2.20. The summed E-state index contributed by atoms with van der Waals surface area (Å²) in [5, 5.41) is 17.8. The molecule has 1 aliphatic rings. The molecule has 0 bridgehead atoms. The maximum atomic E-state index is 12.1. The number of hydrogen-bond donors (Lipinski definition) is 1. The Morgan fingerprint density at radius 2 is 1.72 bits per heavy atom. The number of rotatable bonds is 7. The molecule has 1 aromatic carbocycles. The lowest BCUT2D eigenvalue weighted by Gasteiger charge is -2.36. The Balaban J connectivity index is 0.00000166. The van der Waals surface area contributed by atoms with Crippen LogP contribution in [0.2, 0.25) is 0 Å². The number of aromatic nitrogens is 2. The van der Waals surface area contributed by atoms with Crippen molar-refractivity contribution in [3.8, 4) is 5.75 Å². The SMILES string of the molecule is CO.Cl.Cn1c(N2CCN(CCCOc3cccc([N+](=O)[O-])c3)CC2)cc(=O)n(C)c1=O. The normalized spacial score (nSPS) is 13.6. The fraction of sp³-hybridized carbons (Fsp3) is 0.500. The van der Waals surface area contributed by atoms with Crippen LogP contribution in [0.3, 0.4) is 0 Å². The molecule has 1 fully saturated rings. The number of aliphatic hydroxyl groups is 1. The van der Waals surface area contributed by atoms with E-state index in [0.717, 1.165) is 50.8 Å². The third-order valence-electron chi connectivity index (χ3n) is 5.11. The molecule has 11 nitrogen and oxygen atoms in total. The van der Waals surface area contributed by atoms with Crippen LogP contribution in [0, 0.1) is 10.1 Å². The Morgan fingerprint density at radius 3 is 2.34 bits per heavy atom. The topological polar surface area (TPSA) is 123 Å². The van der Waals surface area contributed by atoms with Gasteiger partial charge in [-0.2, -0.15) is 0 Å². The number of nitrogens with zero attached hydrogens (tertiary/aromatic N) is 5. The van der Waals surface area contributed by atoms with Gasteiger partial charge in [0.05, 0.1) is 17.6 Å². The Labute approximate surface area is 192 Å². The lowest BCUT2D eigenvalue weighted by atomic mass is 10.3. The molecule has 0 spiro atoms. The molecule has 0 atom stereocenters. The summed E-state index contributed by atoms with van der Waals surface area (Å²) in [6.45, 7) is 4.42. The van der Waals surface area contributed by atoms with E-state index in [2.05, 4.69) is 9.80 Å². The van der Waals surface area contributed by atoms with Crippen LogP contribution in [0.1, 0.15) is 6.42 Å². The number of benzene rings is 1. The van der Waals surface area contributed by atoms with Gasteiger partial charge in [0, 0.05) is 66.1 Å². The zero-order chi connectivity index (χ0) is 23.0. The molecule has 0 aliphatic carbocycles. The van der Waals surface area contributed by atoms with E-state index >= 15 is 0 Å². The van der Waals surface area contributed by atoms with Crippen molar-refractivity contribution in [1.29, 1.82) is 0 Å². The van der Waals surface area contributed by atoms with Gasteiger partial charge in [0.1, 0.15) is 11.6 Å². The van der Waals surface area contributed by atoms with Crippen LogP contribution in [0.4, 0.5) is 11.5 Å². The second-order valence-corrected chi connectivity index (χ2v) is 7.03. The molecule has 12 heteroatoms. The molecule has 1 N–H and O–H groups in total. The minimum atomic E-state index is -0.440. The van der Waals surface area contributed by atoms with Gasteiger partial charge in [0.2, 0.25) is 0 Å². The standard InChI is InChI=1S/C19H25N5O5.CH4O.ClH/c1-20-17(14-18(25)21(2)19(20)26)23-10-8-22(9-11-23)7-4-12-29-16-6-3-5-15(13-16)24(27)28;1-2;/h3,5-6,13-14H,4,7-12H2,1-2H3;2H,1H3;1H. The van der Waals surface area contributed by atoms with Crippen molar-refractivity contribution in [2.24, 2.45) is 14.1 Å². The van der Waals surface area contributed by atoms with Gasteiger partial charge in [-0.3, -0.25) is 28.9 Å². The number of aliphatic hydroxyl groups excluding tert-OH is 1. The van der Waals surface area contributed by atoms with Crippen LogP contribution < -0.4 is 20.9 Å². The Kier molecular flexibility index (Phi) is 10.9. The number of anilines is 1. The van der Waals surface area contributed by atoms with Crippen molar-refractivity contribution in [2.75, 3.05) is 51.3 Å². The van der Waals surface area contributed by atoms with Gasteiger partial charge in [-0.1, -0.05) is 6.07 Å². The van der Waals surface area contributed by atoms with E-state index in [1.807, 2.05) is 0 Å². The first-order chi connectivity index (χ1) is 14.9. The molecule has 1 aromatic heterocycles. The average molecular weight is 472 g/mol. The summed E-state index contributed by atoms with van der Waals surface area (Å²) >= 11 is 0. The maximum absolute atomic E-state index is 12.1. The van der Waals surface area contributed by atoms with Gasteiger partial charge in [-0.05, 0) is 12.5 Å². The van der Waals surface area contributed by atoms with E-state index in [4.69, 9.17) is 9.84 Å². The first-order valence-electron chi connectivity index (χ1n) is 9.93. The Hall–Kier alpha value is -2.89. The molecule has 3 rings (SSSR count). The highest BCUT2D eigenvalue weighted by molar-refractivity contribution is 5.85. The van der Waals surface area contributed by atoms with E-state index in [-0.39, 0.29) is 29.3 Å². The average Bonchev–Trinajstić information content (AvgIpc) is 2.80. The summed E-state index contributed by atoms with van der Waals surface area (Å²) in [7, 11) is 4.15. The number of nitro benzene ring substituents is 1. The molecular formula is C20H30ClN5O6. The van der Waals surface area contributed by atoms with Crippen molar-refractivity contribution in [3.05, 3.63) is 61.3 Å². The summed E-state index contributed by atoms with van der Waals surface area (Å²) in [6.07, 6.45) is 0.799. The molecule has 2 aromatic rings. The second-order valence-electron chi connectivity index (χ2n) is 7.03. The van der Waals surface area contributed by atoms with Gasteiger partial charge < -0.3 is 14.7 Å². The van der Waals surface area contributed by atoms with Crippen molar-refractivity contribution >= 4 is 23.9 Å². The van der Waals surface area contributed by atoms with E-state index < -0.39 is 4.92 Å². The number of hydrogen-bond acceptors (Lipinski definition) is 8. The molecule has 1 aliphatic heterocycles. The Morgan fingerprint density at radius 1 is 1.06 bits per heavy atom. The highest BCUT2D eigenvalue weighted by atomic mass is 35.5. The van der Waals surface area contributed by atoms with Crippen molar-refractivity contribution in [1.82, 2.24) is 14.0 Å². The first kappa shape index (κ1) is 27.1. The number of halogens is 1. The number of non-ortho nitro benzene ring substituents is 1. The predicted molar refractivity (Wildman–Crippen MR) is 124 cm³/mol. The van der Waals surface area contributed by atoms with Crippen LogP contribution in [-0.2, 0) is 14.1 Å². The third-order valence-corrected chi connectivity index (χ3v) is 5.11. The summed E-state index contributed by atoms with van der Waals surface area (Å²) < 4.78 is 8.22. The summed E-state index contributed by atoms with van der Waals surface area (Å²) in [4.78, 5) is 38.7. The third kappa shape index (κ3) is 6.81. The first-order valence-corrected chi connectivity index (χ1v) is 9.93. The molecule has 32 heavy (non-hydrogen) atoms. The number of nitro groups is 1. The van der Waals surface area contributed by atoms with E-state index in [1.165, 1.54) is 29.8 Å². The van der Waals surface area contributed by atoms with Gasteiger partial charge >= 0.3 is 5.69 Å². The van der Waals surface area contributed by atoms with E-state index in [1.54, 1.807) is 19.2 Å². The van der Waals surface area contributed by atoms with Crippen molar-refractivity contribution in [2.45, 2.75) is 6.42 Å². The lowest BCUT2D eigenvalue weighted by molar-refractivity contribution is -0.384. The van der Waals surface area contributed by atoms with Crippen LogP contribution in [-0.4, -0.2) is 70.5 Å². The van der Waals surface area contributed by atoms with Gasteiger partial charge in [-0.25, -0.2) is 4.79 Å². The largest absolute Gasteiger partial charge is 0.493 e. The quantitative estimate of drug-likeness (QED) is 0.354. The molecule has 2 heterocycles. The summed E-state index contributed by atoms with van der Waals surface area (Å²) in [5.41, 5.74) is -0.610. The number of piperazine rings is 1. The van der Waals surface area contributed by atoms with Crippen molar-refractivity contribution < 1.29 is 14.8 Å². The van der Waals surface area contributed by atoms with Crippen LogP contribution in [0.25, 0.3) is 0 Å². The zero-order valence-corrected chi connectivity index (χ0v) is 19.3. The van der Waals surface area contributed by atoms with Gasteiger partial charge in [0.25, 0.3) is 11.2 Å². The molecule has 0 saturated carbocycles. The van der Waals surface area contributed by atoms with Crippen LogP contribution in [0.5, 0.6) is 5.75 Å². The molecule has 1 saturated heterocycles. The fourth-order valence-electron chi connectivity index (χ4n) is 3.39. The van der Waals surface area contributed by atoms with Gasteiger partial charge in [-0.15, -0.1) is 12.4 Å². The summed E-state index contributed by atoms with van der Waals surface area (Å²) in [6, 6.07) is 7.68. The molecule has 178 valence electrons.